The van der Waals surface area contributed by atoms with Gasteiger partial charge in [0.15, 0.2) is 0 Å². The lowest BCUT2D eigenvalue weighted by Gasteiger charge is -2.30. The monoisotopic (exact) mass is 499 g/mol. The number of hydrogen-bond donors (Lipinski definition) is 1. The van der Waals surface area contributed by atoms with Gasteiger partial charge in [0.25, 0.3) is 10.0 Å². The van der Waals surface area contributed by atoms with Crippen molar-refractivity contribution in [2.75, 3.05) is 44.7 Å². The number of benzene rings is 1. The second kappa shape index (κ2) is 9.57. The molecule has 4 rings (SSSR count). The fourth-order valence-electron chi connectivity index (χ4n) is 3.83. The summed E-state index contributed by atoms with van der Waals surface area (Å²) in [5.74, 6) is -0.838. The Bertz CT molecular complexity index is 1160. The molecule has 2 aliphatic heterocycles. The van der Waals surface area contributed by atoms with E-state index in [0.29, 0.717) is 38.3 Å². The Morgan fingerprint density at radius 1 is 1.00 bits per heavy atom. The number of rotatable bonds is 6. The van der Waals surface area contributed by atoms with Crippen LogP contribution in [0.15, 0.2) is 50.9 Å². The molecule has 0 radical (unpaired) electrons. The van der Waals surface area contributed by atoms with E-state index < -0.39 is 26.0 Å². The van der Waals surface area contributed by atoms with Crippen molar-refractivity contribution in [3.05, 3.63) is 41.8 Å². The number of amides is 1. The third-order valence-corrected chi connectivity index (χ3v) is 10.7. The summed E-state index contributed by atoms with van der Waals surface area (Å²) in [5.41, 5.74) is 0.363. The normalized spacial score (nSPS) is 21.3. The molecular formula is C20H25N3O6S3. The predicted octanol–water partition coefficient (Wildman–Crippen LogP) is 1.81. The fraction of sp³-hybridized carbons (Fsp3) is 0.450. The SMILES string of the molecule is O=C(Nc1cccc(S(=O)(=O)N2CCOCC2)c1)[C@@H]1CCCN(S(=O)(=O)c2cccs2)C1. The molecule has 1 N–H and O–H groups in total. The first-order valence-corrected chi connectivity index (χ1v) is 14.1. The zero-order valence-corrected chi connectivity index (χ0v) is 19.8. The molecule has 174 valence electrons. The summed E-state index contributed by atoms with van der Waals surface area (Å²) < 4.78 is 59.6. The number of thiophene rings is 1. The van der Waals surface area contributed by atoms with E-state index in [1.54, 1.807) is 29.6 Å². The summed E-state index contributed by atoms with van der Waals surface area (Å²) in [7, 11) is -7.30. The lowest BCUT2D eigenvalue weighted by Crippen LogP contribution is -2.43. The Labute approximate surface area is 192 Å². The van der Waals surface area contributed by atoms with E-state index in [-0.39, 0.29) is 34.6 Å². The lowest BCUT2D eigenvalue weighted by molar-refractivity contribution is -0.120. The highest BCUT2D eigenvalue weighted by atomic mass is 32.2. The van der Waals surface area contributed by atoms with Gasteiger partial charge in [0.05, 0.1) is 24.0 Å². The molecule has 32 heavy (non-hydrogen) atoms. The van der Waals surface area contributed by atoms with Gasteiger partial charge in [-0.3, -0.25) is 4.79 Å². The zero-order chi connectivity index (χ0) is 22.8. The fourth-order valence-corrected chi connectivity index (χ4v) is 7.95. The van der Waals surface area contributed by atoms with Crippen molar-refractivity contribution in [1.29, 1.82) is 0 Å². The number of hydrogen-bond acceptors (Lipinski definition) is 7. The maximum Gasteiger partial charge on any atom is 0.252 e. The third-order valence-electron chi connectivity index (χ3n) is 5.55. The second-order valence-electron chi connectivity index (χ2n) is 7.67. The van der Waals surface area contributed by atoms with Gasteiger partial charge in [-0.2, -0.15) is 8.61 Å². The Balaban J connectivity index is 1.45. The first kappa shape index (κ1) is 23.3. The van der Waals surface area contributed by atoms with Crippen LogP contribution in [0.4, 0.5) is 5.69 Å². The third kappa shape index (κ3) is 4.90. The molecule has 0 unspecified atom stereocenters. The first-order chi connectivity index (χ1) is 15.3. The molecule has 1 aromatic carbocycles. The van der Waals surface area contributed by atoms with Gasteiger partial charge in [-0.25, -0.2) is 16.8 Å². The average molecular weight is 500 g/mol. The summed E-state index contributed by atoms with van der Waals surface area (Å²) >= 11 is 1.15. The number of piperidine rings is 1. The van der Waals surface area contributed by atoms with Gasteiger partial charge < -0.3 is 10.1 Å². The average Bonchev–Trinajstić information content (AvgIpc) is 3.36. The number of morpholine rings is 1. The van der Waals surface area contributed by atoms with E-state index in [2.05, 4.69) is 5.32 Å². The molecule has 1 amide bonds. The van der Waals surface area contributed by atoms with E-state index in [0.717, 1.165) is 11.3 Å². The molecule has 2 fully saturated rings. The van der Waals surface area contributed by atoms with Crippen molar-refractivity contribution in [1.82, 2.24) is 8.61 Å². The van der Waals surface area contributed by atoms with Crippen LogP contribution in [-0.2, 0) is 29.6 Å². The van der Waals surface area contributed by atoms with Crippen LogP contribution in [0.2, 0.25) is 0 Å². The minimum Gasteiger partial charge on any atom is -0.379 e. The summed E-state index contributed by atoms with van der Waals surface area (Å²) in [6, 6.07) is 9.38. The van der Waals surface area contributed by atoms with Crippen LogP contribution in [0, 0.1) is 5.92 Å². The molecule has 12 heteroatoms. The number of nitrogens with zero attached hydrogens (tertiary/aromatic N) is 2. The minimum atomic E-state index is -3.68. The van der Waals surface area contributed by atoms with E-state index in [9.17, 15) is 21.6 Å². The van der Waals surface area contributed by atoms with Crippen LogP contribution < -0.4 is 5.32 Å². The van der Waals surface area contributed by atoms with Crippen LogP contribution in [-0.4, -0.2) is 70.7 Å². The maximum absolute atomic E-state index is 12.9. The molecule has 1 aromatic heterocycles. The zero-order valence-electron chi connectivity index (χ0n) is 17.3. The molecule has 2 aromatic rings. The number of carbonyl (C=O) groups is 1. The quantitative estimate of drug-likeness (QED) is 0.649. The van der Waals surface area contributed by atoms with Crippen molar-refractivity contribution in [3.8, 4) is 0 Å². The van der Waals surface area contributed by atoms with Crippen LogP contribution in [0.1, 0.15) is 12.8 Å². The summed E-state index contributed by atoms with van der Waals surface area (Å²) in [6.45, 7) is 1.74. The Hall–Kier alpha value is -1.83. The van der Waals surface area contributed by atoms with Crippen molar-refractivity contribution in [2.45, 2.75) is 21.9 Å². The van der Waals surface area contributed by atoms with Crippen molar-refractivity contribution >= 4 is 43.0 Å². The Kier molecular flexibility index (Phi) is 6.98. The molecule has 1 atom stereocenters. The molecule has 0 spiro atoms. The topological polar surface area (TPSA) is 113 Å². The van der Waals surface area contributed by atoms with Crippen LogP contribution in [0.3, 0.4) is 0 Å². The van der Waals surface area contributed by atoms with Crippen molar-refractivity contribution in [2.24, 2.45) is 5.92 Å². The van der Waals surface area contributed by atoms with Gasteiger partial charge in [0.1, 0.15) is 4.21 Å². The van der Waals surface area contributed by atoms with Gasteiger partial charge in [0, 0.05) is 31.9 Å². The molecule has 3 heterocycles. The number of ether oxygens (including phenoxy) is 1. The minimum absolute atomic E-state index is 0.0951. The summed E-state index contributed by atoms with van der Waals surface area (Å²) in [4.78, 5) is 13.0. The smallest absolute Gasteiger partial charge is 0.252 e. The maximum atomic E-state index is 12.9. The molecule has 0 bridgehead atoms. The molecule has 2 aliphatic rings. The van der Waals surface area contributed by atoms with Crippen molar-refractivity contribution in [3.63, 3.8) is 0 Å². The first-order valence-electron chi connectivity index (χ1n) is 10.3. The van der Waals surface area contributed by atoms with Crippen LogP contribution in [0.25, 0.3) is 0 Å². The highest BCUT2D eigenvalue weighted by molar-refractivity contribution is 7.91. The highest BCUT2D eigenvalue weighted by Gasteiger charge is 2.34. The Morgan fingerprint density at radius 3 is 2.50 bits per heavy atom. The van der Waals surface area contributed by atoms with Gasteiger partial charge >= 0.3 is 0 Å². The van der Waals surface area contributed by atoms with E-state index in [4.69, 9.17) is 4.74 Å². The van der Waals surface area contributed by atoms with Crippen molar-refractivity contribution < 1.29 is 26.4 Å². The standard InChI is InChI=1S/C20H25N3O6S3/c24-20(16-4-2-8-23(15-16)32(27,28)19-7-3-13-30-19)21-17-5-1-6-18(14-17)31(25,26)22-9-11-29-12-10-22/h1,3,5-7,13-14,16H,2,4,8-12,15H2,(H,21,24)/t16-/m1/s1. The molecule has 0 aliphatic carbocycles. The molecule has 0 saturated carbocycles. The van der Waals surface area contributed by atoms with E-state index >= 15 is 0 Å². The molecule has 9 nitrogen and oxygen atoms in total. The van der Waals surface area contributed by atoms with E-state index in [1.807, 2.05) is 0 Å². The van der Waals surface area contributed by atoms with Gasteiger partial charge in [0.2, 0.25) is 15.9 Å². The number of carbonyl (C=O) groups excluding carboxylic acids is 1. The highest BCUT2D eigenvalue weighted by Crippen LogP contribution is 2.27. The van der Waals surface area contributed by atoms with Gasteiger partial charge in [-0.05, 0) is 42.5 Å². The summed E-state index contributed by atoms with van der Waals surface area (Å²) in [5, 5.41) is 4.48. The summed E-state index contributed by atoms with van der Waals surface area (Å²) in [6.07, 6.45) is 1.14. The van der Waals surface area contributed by atoms with Crippen LogP contribution in [0.5, 0.6) is 0 Å². The number of nitrogens with one attached hydrogen (secondary N) is 1. The van der Waals surface area contributed by atoms with E-state index in [1.165, 1.54) is 20.7 Å². The number of sulfonamides is 2. The number of anilines is 1. The van der Waals surface area contributed by atoms with Gasteiger partial charge in [-0.1, -0.05) is 12.1 Å². The predicted molar refractivity (Wildman–Crippen MR) is 120 cm³/mol. The largest absolute Gasteiger partial charge is 0.379 e. The molecular weight excluding hydrogens is 474 g/mol. The lowest BCUT2D eigenvalue weighted by atomic mass is 9.99. The molecule has 2 saturated heterocycles. The second-order valence-corrected chi connectivity index (χ2v) is 12.7. The van der Waals surface area contributed by atoms with Gasteiger partial charge in [-0.15, -0.1) is 11.3 Å². The van der Waals surface area contributed by atoms with Crippen LogP contribution >= 0.6 is 11.3 Å². The Morgan fingerprint density at radius 2 is 1.78 bits per heavy atom.